The average molecular weight is 361 g/mol. The lowest BCUT2D eigenvalue weighted by atomic mass is 10.1. The maximum atomic E-state index is 13.3. The zero-order chi connectivity index (χ0) is 18.3. The van der Waals surface area contributed by atoms with Crippen LogP contribution in [0.2, 0.25) is 0 Å². The Morgan fingerprint density at radius 1 is 1.23 bits per heavy atom. The maximum Gasteiger partial charge on any atom is 0.254 e. The molecular weight excluding hydrogens is 344 g/mol. The van der Waals surface area contributed by atoms with Gasteiger partial charge in [-0.25, -0.2) is 13.5 Å². The first-order valence-electron chi connectivity index (χ1n) is 8.44. The molecule has 2 aliphatic heterocycles. The molecule has 4 rings (SSSR count). The molecule has 0 saturated carbocycles. The molecule has 0 radical (unpaired) electrons. The number of amides is 2. The van der Waals surface area contributed by atoms with E-state index in [1.165, 1.54) is 6.07 Å². The van der Waals surface area contributed by atoms with E-state index in [2.05, 4.69) is 10.3 Å². The van der Waals surface area contributed by atoms with Crippen LogP contribution in [0.1, 0.15) is 34.9 Å². The van der Waals surface area contributed by atoms with E-state index in [0.717, 1.165) is 25.1 Å². The van der Waals surface area contributed by atoms with Crippen LogP contribution in [-0.2, 0) is 11.3 Å². The number of hydrogen-bond acceptors (Lipinski definition) is 4. The van der Waals surface area contributed by atoms with Crippen LogP contribution in [0.5, 0.6) is 0 Å². The summed E-state index contributed by atoms with van der Waals surface area (Å²) < 4.78 is 27.9. The monoisotopic (exact) mass is 361 g/mol. The number of aromatic nitrogens is 3. The van der Waals surface area contributed by atoms with Crippen molar-refractivity contribution in [2.75, 3.05) is 19.6 Å². The molecular formula is C17H17F2N5O2. The molecule has 2 saturated heterocycles. The molecule has 7 nitrogen and oxygen atoms in total. The number of rotatable bonds is 4. The summed E-state index contributed by atoms with van der Waals surface area (Å²) >= 11 is 0. The molecule has 1 aromatic heterocycles. The fraction of sp³-hybridized carbons (Fsp3) is 0.412. The Balaban J connectivity index is 1.35. The van der Waals surface area contributed by atoms with Crippen molar-refractivity contribution in [1.29, 1.82) is 0 Å². The Morgan fingerprint density at radius 3 is 2.73 bits per heavy atom. The van der Waals surface area contributed by atoms with Crippen molar-refractivity contribution in [2.24, 2.45) is 0 Å². The minimum Gasteiger partial charge on any atom is -0.337 e. The first-order chi connectivity index (χ1) is 12.5. The van der Waals surface area contributed by atoms with E-state index < -0.39 is 11.6 Å². The van der Waals surface area contributed by atoms with Crippen LogP contribution in [0.3, 0.4) is 0 Å². The second kappa shape index (κ2) is 6.47. The normalized spacial score (nSPS) is 17.7. The molecule has 2 aliphatic rings. The van der Waals surface area contributed by atoms with Crippen molar-refractivity contribution in [3.63, 3.8) is 0 Å². The molecule has 1 aromatic carbocycles. The maximum absolute atomic E-state index is 13.3. The number of carbonyl (C=O) groups is 2. The number of benzene rings is 1. The van der Waals surface area contributed by atoms with Crippen LogP contribution in [0.15, 0.2) is 24.4 Å². The van der Waals surface area contributed by atoms with Crippen LogP contribution in [0, 0.1) is 11.6 Å². The van der Waals surface area contributed by atoms with Gasteiger partial charge in [-0.15, -0.1) is 5.10 Å². The number of carbonyl (C=O) groups excluding carboxylic acids is 2. The van der Waals surface area contributed by atoms with Crippen LogP contribution in [0.4, 0.5) is 8.78 Å². The van der Waals surface area contributed by atoms with Crippen molar-refractivity contribution in [3.05, 3.63) is 47.3 Å². The topological polar surface area (TPSA) is 71.3 Å². The summed E-state index contributed by atoms with van der Waals surface area (Å²) in [4.78, 5) is 27.2. The Labute approximate surface area is 148 Å². The third kappa shape index (κ3) is 3.04. The van der Waals surface area contributed by atoms with Gasteiger partial charge in [-0.05, 0) is 24.6 Å². The third-order valence-corrected chi connectivity index (χ3v) is 4.77. The zero-order valence-corrected chi connectivity index (χ0v) is 13.9. The van der Waals surface area contributed by atoms with Crippen LogP contribution < -0.4 is 0 Å². The third-order valence-electron chi connectivity index (χ3n) is 4.77. The second-order valence-electron chi connectivity index (χ2n) is 6.60. The summed E-state index contributed by atoms with van der Waals surface area (Å²) in [7, 11) is 0. The van der Waals surface area contributed by atoms with Gasteiger partial charge in [-0.2, -0.15) is 0 Å². The first-order valence-corrected chi connectivity index (χ1v) is 8.44. The highest BCUT2D eigenvalue weighted by molar-refractivity contribution is 5.94. The molecule has 3 heterocycles. The van der Waals surface area contributed by atoms with E-state index in [9.17, 15) is 18.4 Å². The van der Waals surface area contributed by atoms with Crippen molar-refractivity contribution >= 4 is 11.8 Å². The summed E-state index contributed by atoms with van der Waals surface area (Å²) in [5.74, 6) is -2.23. The quantitative estimate of drug-likeness (QED) is 0.825. The largest absolute Gasteiger partial charge is 0.337 e. The van der Waals surface area contributed by atoms with Gasteiger partial charge in [0.1, 0.15) is 5.69 Å². The predicted octanol–water partition coefficient (Wildman–Crippen LogP) is 1.38. The lowest BCUT2D eigenvalue weighted by molar-refractivity contribution is -0.128. The highest BCUT2D eigenvalue weighted by Gasteiger charge is 2.33. The number of likely N-dealkylation sites (tertiary alicyclic amines) is 2. The molecule has 2 aromatic rings. The molecule has 26 heavy (non-hydrogen) atoms. The van der Waals surface area contributed by atoms with Crippen molar-refractivity contribution in [2.45, 2.75) is 25.4 Å². The van der Waals surface area contributed by atoms with E-state index in [1.54, 1.807) is 20.7 Å². The molecule has 0 spiro atoms. The second-order valence-corrected chi connectivity index (χ2v) is 6.60. The van der Waals surface area contributed by atoms with E-state index in [4.69, 9.17) is 0 Å². The van der Waals surface area contributed by atoms with Gasteiger partial charge < -0.3 is 9.80 Å². The van der Waals surface area contributed by atoms with E-state index in [0.29, 0.717) is 31.7 Å². The standard InChI is InChI=1S/C17H17F2N5O2/c18-14-4-3-11(6-15(14)19)17(26)23-9-13(10-23)24-8-12(20-21-24)7-22-5-1-2-16(22)25/h3-4,6,8,13H,1-2,5,7,9-10H2. The number of nitrogens with zero attached hydrogens (tertiary/aromatic N) is 5. The molecule has 9 heteroatoms. The molecule has 0 atom stereocenters. The molecule has 0 N–H and O–H groups in total. The van der Waals surface area contributed by atoms with Gasteiger partial charge in [-0.3, -0.25) is 9.59 Å². The van der Waals surface area contributed by atoms with Crippen molar-refractivity contribution < 1.29 is 18.4 Å². The molecule has 0 unspecified atom stereocenters. The Hall–Kier alpha value is -2.84. The van der Waals surface area contributed by atoms with Crippen LogP contribution >= 0.6 is 0 Å². The Kier molecular flexibility index (Phi) is 4.14. The molecule has 136 valence electrons. The van der Waals surface area contributed by atoms with E-state index >= 15 is 0 Å². The fourth-order valence-corrected chi connectivity index (χ4v) is 3.23. The van der Waals surface area contributed by atoms with Crippen molar-refractivity contribution in [3.8, 4) is 0 Å². The summed E-state index contributed by atoms with van der Waals surface area (Å²) in [6.07, 6.45) is 3.24. The SMILES string of the molecule is O=C1CCCN1Cc1cn(C2CN(C(=O)c3ccc(F)c(F)c3)C2)nn1. The molecule has 0 bridgehead atoms. The first kappa shape index (κ1) is 16.6. The van der Waals surface area contributed by atoms with Crippen LogP contribution in [0.25, 0.3) is 0 Å². The van der Waals surface area contributed by atoms with Gasteiger partial charge in [0.2, 0.25) is 5.91 Å². The smallest absolute Gasteiger partial charge is 0.254 e. The van der Waals surface area contributed by atoms with Gasteiger partial charge in [0.25, 0.3) is 5.91 Å². The Morgan fingerprint density at radius 2 is 2.04 bits per heavy atom. The van der Waals surface area contributed by atoms with Gasteiger partial charge in [-0.1, -0.05) is 5.21 Å². The Bertz CT molecular complexity index is 863. The van der Waals surface area contributed by atoms with Gasteiger partial charge in [0, 0.05) is 31.6 Å². The van der Waals surface area contributed by atoms with Gasteiger partial charge in [0.05, 0.1) is 18.8 Å². The van der Waals surface area contributed by atoms with E-state index in [1.807, 2.05) is 0 Å². The highest BCUT2D eigenvalue weighted by Crippen LogP contribution is 2.23. The zero-order valence-electron chi connectivity index (χ0n) is 13.9. The van der Waals surface area contributed by atoms with Gasteiger partial charge in [0.15, 0.2) is 11.6 Å². The van der Waals surface area contributed by atoms with E-state index in [-0.39, 0.29) is 23.4 Å². The summed E-state index contributed by atoms with van der Waals surface area (Å²) in [6.45, 7) is 2.03. The van der Waals surface area contributed by atoms with Gasteiger partial charge >= 0.3 is 0 Å². The minimum absolute atomic E-state index is 0.0141. The minimum atomic E-state index is -1.04. The summed E-state index contributed by atoms with van der Waals surface area (Å²) in [5, 5.41) is 8.17. The molecule has 0 aliphatic carbocycles. The lowest BCUT2D eigenvalue weighted by Gasteiger charge is -2.38. The summed E-state index contributed by atoms with van der Waals surface area (Å²) in [5.41, 5.74) is 0.833. The number of hydrogen-bond donors (Lipinski definition) is 0. The highest BCUT2D eigenvalue weighted by atomic mass is 19.2. The lowest BCUT2D eigenvalue weighted by Crippen LogP contribution is -2.50. The summed E-state index contributed by atoms with van der Waals surface area (Å²) in [6, 6.07) is 3.11. The fourth-order valence-electron chi connectivity index (χ4n) is 3.23. The van der Waals surface area contributed by atoms with Crippen LogP contribution in [-0.4, -0.2) is 56.2 Å². The van der Waals surface area contributed by atoms with Crippen molar-refractivity contribution in [1.82, 2.24) is 24.8 Å². The predicted molar refractivity (Wildman–Crippen MR) is 86.0 cm³/mol. The number of halogens is 2. The molecule has 2 fully saturated rings. The average Bonchev–Trinajstić information content (AvgIpc) is 3.19. The molecule has 2 amide bonds.